The van der Waals surface area contributed by atoms with E-state index in [2.05, 4.69) is 15.0 Å². The van der Waals surface area contributed by atoms with Gasteiger partial charge in [0.2, 0.25) is 5.95 Å². The average Bonchev–Trinajstić information content (AvgIpc) is 2.49. The molecule has 0 saturated carbocycles. The van der Waals surface area contributed by atoms with Crippen LogP contribution < -0.4 is 5.32 Å². The second-order valence-electron chi connectivity index (χ2n) is 3.98. The van der Waals surface area contributed by atoms with E-state index in [-0.39, 0.29) is 21.8 Å². The molecule has 0 bridgehead atoms. The number of rotatable bonds is 3. The van der Waals surface area contributed by atoms with Crippen LogP contribution in [-0.2, 0) is 4.74 Å². The number of nitrogens with one attached hydrogen (secondary N) is 1. The van der Waals surface area contributed by atoms with Crippen LogP contribution in [0.2, 0.25) is 5.02 Å². The van der Waals surface area contributed by atoms with E-state index in [0.29, 0.717) is 0 Å². The largest absolute Gasteiger partial charge is 0.465 e. The van der Waals surface area contributed by atoms with Gasteiger partial charge in [0.05, 0.1) is 28.9 Å². The topological polar surface area (TPSA) is 68.3 Å². The highest BCUT2D eigenvalue weighted by Gasteiger charge is 2.15. The summed E-state index contributed by atoms with van der Waals surface area (Å²) in [7, 11) is 1.24. The van der Waals surface area contributed by atoms with E-state index in [0.717, 1.165) is 0 Å². The molecule has 108 valence electrons. The molecule has 1 aromatic carbocycles. The highest BCUT2D eigenvalue weighted by molar-refractivity contribution is 6.34. The van der Waals surface area contributed by atoms with Gasteiger partial charge in [0.25, 0.3) is 5.91 Å². The molecule has 2 rings (SSSR count). The summed E-state index contributed by atoms with van der Waals surface area (Å²) in [5, 5.41) is 2.64. The van der Waals surface area contributed by atoms with E-state index in [1.54, 1.807) is 0 Å². The van der Waals surface area contributed by atoms with Crippen LogP contribution in [0.25, 0.3) is 0 Å². The Morgan fingerprint density at radius 3 is 2.76 bits per heavy atom. The molecule has 5 nitrogen and oxygen atoms in total. The van der Waals surface area contributed by atoms with Crippen molar-refractivity contribution in [1.82, 2.24) is 4.98 Å². The Kier molecular flexibility index (Phi) is 4.49. The molecular formula is C14H10ClFN2O3. The molecule has 0 fully saturated rings. The molecule has 21 heavy (non-hydrogen) atoms. The highest BCUT2D eigenvalue weighted by Crippen LogP contribution is 2.24. The second-order valence-corrected chi connectivity index (χ2v) is 4.39. The van der Waals surface area contributed by atoms with Crippen molar-refractivity contribution in [3.8, 4) is 0 Å². The fourth-order valence-corrected chi connectivity index (χ4v) is 1.78. The Balaban J connectivity index is 2.29. The minimum absolute atomic E-state index is 0.174. The number of halogens is 2. The standard InChI is InChI=1S/C14H10ClFN2O3/c1-21-14(20)8-4-5-10(15)11(7-8)18-13(19)9-3-2-6-17-12(9)16/h2-7H,1H3,(H,18,19). The first-order chi connectivity index (χ1) is 10.0. The number of esters is 1. The third kappa shape index (κ3) is 3.35. The van der Waals surface area contributed by atoms with Gasteiger partial charge in [-0.1, -0.05) is 11.6 Å². The SMILES string of the molecule is COC(=O)c1ccc(Cl)c(NC(=O)c2cccnc2F)c1. The van der Waals surface area contributed by atoms with Crippen molar-refractivity contribution in [2.24, 2.45) is 0 Å². The van der Waals surface area contributed by atoms with Crippen molar-refractivity contribution in [3.05, 3.63) is 58.6 Å². The second kappa shape index (κ2) is 6.32. The van der Waals surface area contributed by atoms with Crippen LogP contribution in [0.3, 0.4) is 0 Å². The smallest absolute Gasteiger partial charge is 0.337 e. The lowest BCUT2D eigenvalue weighted by molar-refractivity contribution is 0.0600. The van der Waals surface area contributed by atoms with Gasteiger partial charge in [-0.05, 0) is 30.3 Å². The normalized spacial score (nSPS) is 10.0. The summed E-state index contributed by atoms with van der Waals surface area (Å²) < 4.78 is 18.0. The number of carbonyl (C=O) groups excluding carboxylic acids is 2. The zero-order chi connectivity index (χ0) is 15.4. The van der Waals surface area contributed by atoms with E-state index in [1.165, 1.54) is 43.6 Å². The first kappa shape index (κ1) is 14.9. The Morgan fingerprint density at radius 1 is 1.33 bits per heavy atom. The van der Waals surface area contributed by atoms with Crippen molar-refractivity contribution in [1.29, 1.82) is 0 Å². The molecule has 0 saturated heterocycles. The molecule has 1 heterocycles. The van der Waals surface area contributed by atoms with Crippen LogP contribution in [0.5, 0.6) is 0 Å². The first-order valence-electron chi connectivity index (χ1n) is 5.82. The summed E-state index contributed by atoms with van der Waals surface area (Å²) >= 11 is 5.94. The Hall–Kier alpha value is -2.47. The van der Waals surface area contributed by atoms with Gasteiger partial charge in [-0.25, -0.2) is 9.78 Å². The number of hydrogen-bond acceptors (Lipinski definition) is 4. The third-order valence-electron chi connectivity index (χ3n) is 2.64. The Labute approximate surface area is 124 Å². The first-order valence-corrected chi connectivity index (χ1v) is 6.20. The average molecular weight is 309 g/mol. The van der Waals surface area contributed by atoms with Crippen LogP contribution >= 0.6 is 11.6 Å². The van der Waals surface area contributed by atoms with Gasteiger partial charge in [-0.3, -0.25) is 4.79 Å². The summed E-state index contributed by atoms with van der Waals surface area (Å²) in [5.74, 6) is -2.19. The summed E-state index contributed by atoms with van der Waals surface area (Å²) in [5.41, 5.74) is 0.161. The molecule has 0 spiro atoms. The maximum atomic E-state index is 13.4. The molecular weight excluding hydrogens is 299 g/mol. The monoisotopic (exact) mass is 308 g/mol. The van der Waals surface area contributed by atoms with Crippen molar-refractivity contribution < 1.29 is 18.7 Å². The van der Waals surface area contributed by atoms with Crippen molar-refractivity contribution in [3.63, 3.8) is 0 Å². The van der Waals surface area contributed by atoms with Crippen LogP contribution in [0, 0.1) is 5.95 Å². The molecule has 2 aromatic rings. The van der Waals surface area contributed by atoms with Crippen LogP contribution in [0.4, 0.5) is 10.1 Å². The predicted octanol–water partition coefficient (Wildman–Crippen LogP) is 2.91. The lowest BCUT2D eigenvalue weighted by Gasteiger charge is -2.09. The van der Waals surface area contributed by atoms with Gasteiger partial charge < -0.3 is 10.1 Å². The third-order valence-corrected chi connectivity index (χ3v) is 2.97. The lowest BCUT2D eigenvalue weighted by atomic mass is 10.2. The number of methoxy groups -OCH3 is 1. The number of aromatic nitrogens is 1. The van der Waals surface area contributed by atoms with Crippen molar-refractivity contribution in [2.75, 3.05) is 12.4 Å². The quantitative estimate of drug-likeness (QED) is 0.699. The van der Waals surface area contributed by atoms with E-state index in [4.69, 9.17) is 11.6 Å². The maximum Gasteiger partial charge on any atom is 0.337 e. The van der Waals surface area contributed by atoms with E-state index >= 15 is 0 Å². The number of anilines is 1. The molecule has 1 N–H and O–H groups in total. The van der Waals surface area contributed by atoms with Gasteiger partial charge >= 0.3 is 5.97 Å². The Morgan fingerprint density at radius 2 is 2.10 bits per heavy atom. The number of carbonyl (C=O) groups is 2. The Bertz CT molecular complexity index is 706. The summed E-state index contributed by atoms with van der Waals surface area (Å²) in [4.78, 5) is 26.8. The van der Waals surface area contributed by atoms with Crippen molar-refractivity contribution >= 4 is 29.2 Å². The fraction of sp³-hybridized carbons (Fsp3) is 0.0714. The molecule has 0 aliphatic heterocycles. The van der Waals surface area contributed by atoms with Crippen LogP contribution in [0.1, 0.15) is 20.7 Å². The zero-order valence-electron chi connectivity index (χ0n) is 10.9. The molecule has 1 amide bonds. The van der Waals surface area contributed by atoms with Gasteiger partial charge in [-0.2, -0.15) is 4.39 Å². The number of benzene rings is 1. The molecule has 0 radical (unpaired) electrons. The van der Waals surface area contributed by atoms with E-state index < -0.39 is 17.8 Å². The van der Waals surface area contributed by atoms with Crippen molar-refractivity contribution in [2.45, 2.75) is 0 Å². The molecule has 7 heteroatoms. The highest BCUT2D eigenvalue weighted by atomic mass is 35.5. The fourth-order valence-electron chi connectivity index (χ4n) is 1.61. The lowest BCUT2D eigenvalue weighted by Crippen LogP contribution is -2.15. The maximum absolute atomic E-state index is 13.4. The number of hydrogen-bond donors (Lipinski definition) is 1. The van der Waals surface area contributed by atoms with Crippen LogP contribution in [0.15, 0.2) is 36.5 Å². The van der Waals surface area contributed by atoms with Gasteiger partial charge in [0, 0.05) is 6.20 Å². The summed E-state index contributed by atoms with van der Waals surface area (Å²) in [6, 6.07) is 6.96. The molecule has 1 aromatic heterocycles. The van der Waals surface area contributed by atoms with Gasteiger partial charge in [-0.15, -0.1) is 0 Å². The summed E-state index contributed by atoms with van der Waals surface area (Å²) in [6.07, 6.45) is 1.23. The van der Waals surface area contributed by atoms with Gasteiger partial charge in [0.15, 0.2) is 0 Å². The molecule has 0 aliphatic carbocycles. The van der Waals surface area contributed by atoms with E-state index in [9.17, 15) is 14.0 Å². The number of amides is 1. The number of pyridine rings is 1. The minimum atomic E-state index is -0.893. The zero-order valence-corrected chi connectivity index (χ0v) is 11.6. The number of ether oxygens (including phenoxy) is 1. The predicted molar refractivity (Wildman–Crippen MR) is 74.9 cm³/mol. The number of nitrogens with zero attached hydrogens (tertiary/aromatic N) is 1. The van der Waals surface area contributed by atoms with Crippen LogP contribution in [-0.4, -0.2) is 24.0 Å². The van der Waals surface area contributed by atoms with E-state index in [1.807, 2.05) is 0 Å². The molecule has 0 unspecified atom stereocenters. The molecule has 0 atom stereocenters. The summed E-state index contributed by atoms with van der Waals surface area (Å²) in [6.45, 7) is 0. The minimum Gasteiger partial charge on any atom is -0.465 e. The van der Waals surface area contributed by atoms with Gasteiger partial charge in [0.1, 0.15) is 0 Å². The molecule has 0 aliphatic rings.